The van der Waals surface area contributed by atoms with Crippen molar-refractivity contribution in [3.05, 3.63) is 149 Å². The van der Waals surface area contributed by atoms with Crippen LogP contribution in [0.25, 0.3) is 0 Å². The number of carbonyl (C=O) groups excluding carboxylic acids is 2. The first kappa shape index (κ1) is 27.7. The number of hydrogen-bond acceptors (Lipinski definition) is 2. The largest absolute Gasteiger partial charge is 0.295 e. The number of hydrogen-bond donors (Lipinski definition) is 0. The molecule has 0 saturated carbocycles. The minimum atomic E-state index is -1.41. The van der Waals surface area contributed by atoms with E-state index in [0.717, 1.165) is 16.4 Å². The molecule has 0 amide bonds. The Kier molecular flexibility index (Phi) is 8.72. The molecule has 0 saturated heterocycles. The highest BCUT2D eigenvalue weighted by Gasteiger charge is 2.36. The summed E-state index contributed by atoms with van der Waals surface area (Å²) in [6, 6.07) is 18.4. The van der Waals surface area contributed by atoms with Gasteiger partial charge in [-0.05, 0) is 76.8 Å². The maximum absolute atomic E-state index is 14.1. The van der Waals surface area contributed by atoms with Gasteiger partial charge in [-0.3, -0.25) is 9.59 Å². The molecule has 40 heavy (non-hydrogen) atoms. The maximum atomic E-state index is 14.1. The Balaban J connectivity index is 1.65. The lowest BCUT2D eigenvalue weighted by atomic mass is 10.0. The zero-order chi connectivity index (χ0) is 28.1. The van der Waals surface area contributed by atoms with Gasteiger partial charge < -0.3 is 0 Å². The molecule has 6 heteroatoms. The van der Waals surface area contributed by atoms with Crippen LogP contribution in [-0.4, -0.2) is 11.6 Å². The van der Waals surface area contributed by atoms with Gasteiger partial charge in [-0.25, -0.2) is 13.2 Å². The van der Waals surface area contributed by atoms with E-state index in [1.54, 1.807) is 36.4 Å². The molecule has 0 spiro atoms. The van der Waals surface area contributed by atoms with Crippen LogP contribution in [0.2, 0.25) is 0 Å². The average Bonchev–Trinajstić information content (AvgIpc) is 3.69. The molecule has 5 rings (SSSR count). The highest BCUT2D eigenvalue weighted by atomic mass is 31.1. The molecular weight excluding hydrogens is 528 g/mol. The summed E-state index contributed by atoms with van der Waals surface area (Å²) >= 11 is 0. The Morgan fingerprint density at radius 3 is 1.32 bits per heavy atom. The quantitative estimate of drug-likeness (QED) is 0.222. The van der Waals surface area contributed by atoms with Crippen molar-refractivity contribution in [3.8, 4) is 0 Å². The lowest BCUT2D eigenvalue weighted by Crippen LogP contribution is -2.20. The molecule has 0 aliphatic heterocycles. The van der Waals surface area contributed by atoms with Crippen LogP contribution < -0.4 is 5.30 Å². The Bertz CT molecular complexity index is 1410. The fraction of sp³-hybridized carbons (Fsp3) is 0.176. The van der Waals surface area contributed by atoms with Crippen LogP contribution in [0.15, 0.2) is 120 Å². The van der Waals surface area contributed by atoms with Gasteiger partial charge in [0, 0.05) is 24.2 Å². The smallest absolute Gasteiger partial charge is 0.160 e. The van der Waals surface area contributed by atoms with Crippen LogP contribution in [0.5, 0.6) is 0 Å². The maximum Gasteiger partial charge on any atom is 0.160 e. The second-order valence-electron chi connectivity index (χ2n) is 9.92. The van der Waals surface area contributed by atoms with Gasteiger partial charge in [-0.2, -0.15) is 0 Å². The fourth-order valence-corrected chi connectivity index (χ4v) is 8.59. The van der Waals surface area contributed by atoms with Crippen molar-refractivity contribution in [2.24, 2.45) is 0 Å². The van der Waals surface area contributed by atoms with Crippen LogP contribution >= 0.6 is 7.92 Å². The Morgan fingerprint density at radius 2 is 0.975 bits per heavy atom. The van der Waals surface area contributed by atoms with E-state index in [0.29, 0.717) is 24.0 Å². The molecule has 0 bridgehead atoms. The second kappa shape index (κ2) is 12.6. The highest BCUT2D eigenvalue weighted by Crippen LogP contribution is 2.63. The fourth-order valence-electron chi connectivity index (χ4n) is 5.24. The van der Waals surface area contributed by atoms with Crippen LogP contribution in [0.1, 0.15) is 48.1 Å². The highest BCUT2D eigenvalue weighted by molar-refractivity contribution is 7.66. The molecule has 2 unspecified atom stereocenters. The van der Waals surface area contributed by atoms with Gasteiger partial charge in [0.25, 0.3) is 0 Å². The number of rotatable bonds is 11. The van der Waals surface area contributed by atoms with Crippen LogP contribution in [0, 0.1) is 17.5 Å². The summed E-state index contributed by atoms with van der Waals surface area (Å²) < 4.78 is 42.1. The molecule has 2 aliphatic rings. The van der Waals surface area contributed by atoms with Crippen molar-refractivity contribution >= 4 is 24.8 Å². The summed E-state index contributed by atoms with van der Waals surface area (Å²) in [5.41, 5.74) is 2.09. The first-order valence-electron chi connectivity index (χ1n) is 13.2. The van der Waals surface area contributed by atoms with Crippen molar-refractivity contribution in [3.63, 3.8) is 0 Å². The number of Topliss-reactive ketones (excluding diaryl/α,β-unsaturated/α-hetero) is 2. The van der Waals surface area contributed by atoms with Crippen LogP contribution in [0.3, 0.4) is 0 Å². The van der Waals surface area contributed by atoms with E-state index in [-0.39, 0.29) is 24.4 Å². The summed E-state index contributed by atoms with van der Waals surface area (Å²) in [7, 11) is -1.41. The number of carbonyl (C=O) groups is 2. The molecular formula is C34H28F3O2P. The molecule has 3 aromatic carbocycles. The van der Waals surface area contributed by atoms with E-state index in [1.807, 2.05) is 36.5 Å². The number of halogens is 3. The molecule has 0 heterocycles. The third-order valence-electron chi connectivity index (χ3n) is 7.32. The van der Waals surface area contributed by atoms with Crippen molar-refractivity contribution in [1.29, 1.82) is 0 Å². The van der Waals surface area contributed by atoms with E-state index < -0.39 is 36.7 Å². The number of ketones is 2. The average molecular weight is 557 g/mol. The first-order valence-corrected chi connectivity index (χ1v) is 14.7. The standard InChI is InChI=1S/C34H28F3O2P/c35-27-13-9-25(10-14-27)33(21-31(38)23-5-1-2-6-23)40(30-19-17-29(37)18-20-30)34(26-11-15-28(36)16-12-26)22-32(39)24-7-3-4-8-24/h1-5,7,9-20,33-34H,6,8,21-22H2. The lowest BCUT2D eigenvalue weighted by Gasteiger charge is -2.35. The summed E-state index contributed by atoms with van der Waals surface area (Å²) in [6.07, 6.45) is 12.5. The Labute approximate surface area is 233 Å². The van der Waals surface area contributed by atoms with Crippen molar-refractivity contribution in [2.45, 2.75) is 37.0 Å². The van der Waals surface area contributed by atoms with Gasteiger partial charge >= 0.3 is 0 Å². The summed E-state index contributed by atoms with van der Waals surface area (Å²) in [6.45, 7) is 0. The number of allylic oxidation sites excluding steroid dienone is 8. The van der Waals surface area contributed by atoms with E-state index in [9.17, 15) is 22.8 Å². The molecule has 0 fully saturated rings. The van der Waals surface area contributed by atoms with Crippen molar-refractivity contribution in [1.82, 2.24) is 0 Å². The van der Waals surface area contributed by atoms with E-state index in [4.69, 9.17) is 0 Å². The predicted octanol–water partition coefficient (Wildman–Crippen LogP) is 8.38. The molecule has 2 nitrogen and oxygen atoms in total. The molecule has 0 radical (unpaired) electrons. The second-order valence-corrected chi connectivity index (χ2v) is 12.5. The number of benzene rings is 3. The molecule has 0 aromatic heterocycles. The minimum Gasteiger partial charge on any atom is -0.295 e. The van der Waals surface area contributed by atoms with Gasteiger partial charge in [-0.1, -0.05) is 80.8 Å². The minimum absolute atomic E-state index is 0.0270. The molecule has 2 atom stereocenters. The Hall–Kier alpha value is -3.82. The van der Waals surface area contributed by atoms with Gasteiger partial charge in [0.2, 0.25) is 0 Å². The normalized spacial score (nSPS) is 16.4. The lowest BCUT2D eigenvalue weighted by molar-refractivity contribution is -0.116. The third kappa shape index (κ3) is 6.48. The zero-order valence-corrected chi connectivity index (χ0v) is 22.7. The molecule has 2 aliphatic carbocycles. The van der Waals surface area contributed by atoms with Gasteiger partial charge in [0.1, 0.15) is 17.5 Å². The third-order valence-corrected chi connectivity index (χ3v) is 10.5. The van der Waals surface area contributed by atoms with Crippen LogP contribution in [-0.2, 0) is 9.59 Å². The van der Waals surface area contributed by atoms with Crippen LogP contribution in [0.4, 0.5) is 13.2 Å². The topological polar surface area (TPSA) is 34.1 Å². The predicted molar refractivity (Wildman–Crippen MR) is 154 cm³/mol. The summed E-state index contributed by atoms with van der Waals surface area (Å²) in [5.74, 6) is -1.24. The van der Waals surface area contributed by atoms with E-state index in [2.05, 4.69) is 0 Å². The van der Waals surface area contributed by atoms with Crippen molar-refractivity contribution in [2.75, 3.05) is 0 Å². The Morgan fingerprint density at radius 1 is 0.600 bits per heavy atom. The monoisotopic (exact) mass is 556 g/mol. The molecule has 202 valence electrons. The van der Waals surface area contributed by atoms with E-state index >= 15 is 0 Å². The van der Waals surface area contributed by atoms with E-state index in [1.165, 1.54) is 36.4 Å². The van der Waals surface area contributed by atoms with Crippen molar-refractivity contribution < 1.29 is 22.8 Å². The first-order chi connectivity index (χ1) is 19.4. The summed E-state index contributed by atoms with van der Waals surface area (Å²) in [4.78, 5) is 27.1. The molecule has 3 aromatic rings. The SMILES string of the molecule is O=C(CC(c1ccc(F)cc1)P(c1ccc(F)cc1)C(CC(=O)C1=CC=CC1)c1ccc(F)cc1)C1=CC=CC1. The van der Waals surface area contributed by atoms with Gasteiger partial charge in [-0.15, -0.1) is 0 Å². The zero-order valence-electron chi connectivity index (χ0n) is 21.8. The summed E-state index contributed by atoms with van der Waals surface area (Å²) in [5, 5.41) is 0.803. The van der Waals surface area contributed by atoms with Gasteiger partial charge in [0.15, 0.2) is 11.6 Å². The molecule has 0 N–H and O–H groups in total. The van der Waals surface area contributed by atoms with Gasteiger partial charge in [0.05, 0.1) is 0 Å².